The Hall–Kier alpha value is -3.17. The van der Waals surface area contributed by atoms with Gasteiger partial charge in [0.25, 0.3) is 0 Å². The average molecular weight is 453 g/mol. The SMILES string of the molecule is CC1(C)CC=C(c2ccccc2)c2cc(C(=Cc3ccc(C(=O)O)cc3)[Si](C)(C)C)ccc21. The minimum Gasteiger partial charge on any atom is -0.478 e. The highest BCUT2D eigenvalue weighted by atomic mass is 28.3. The molecule has 0 bridgehead atoms. The van der Waals surface area contributed by atoms with Crippen LogP contribution in [0.5, 0.6) is 0 Å². The normalized spacial score (nSPS) is 15.5. The molecule has 3 aromatic rings. The van der Waals surface area contributed by atoms with Crippen LogP contribution in [-0.2, 0) is 5.41 Å². The van der Waals surface area contributed by atoms with E-state index in [1.165, 1.54) is 33.0 Å². The second-order valence-corrected chi connectivity index (χ2v) is 15.6. The van der Waals surface area contributed by atoms with Gasteiger partial charge in [-0.3, -0.25) is 0 Å². The number of carbonyl (C=O) groups is 1. The van der Waals surface area contributed by atoms with Crippen molar-refractivity contribution < 1.29 is 9.90 Å². The summed E-state index contributed by atoms with van der Waals surface area (Å²) in [5, 5.41) is 10.6. The van der Waals surface area contributed by atoms with Crippen LogP contribution in [-0.4, -0.2) is 19.1 Å². The number of hydrogen-bond acceptors (Lipinski definition) is 1. The lowest BCUT2D eigenvalue weighted by Crippen LogP contribution is -2.25. The van der Waals surface area contributed by atoms with E-state index in [0.29, 0.717) is 5.56 Å². The van der Waals surface area contributed by atoms with Gasteiger partial charge in [-0.05, 0) is 63.4 Å². The first-order chi connectivity index (χ1) is 15.6. The van der Waals surface area contributed by atoms with E-state index < -0.39 is 14.0 Å². The van der Waals surface area contributed by atoms with Crippen LogP contribution in [0.2, 0.25) is 19.6 Å². The highest BCUT2D eigenvalue weighted by molar-refractivity contribution is 6.94. The first-order valence-corrected chi connectivity index (χ1v) is 15.0. The molecule has 1 aliphatic rings. The van der Waals surface area contributed by atoms with Crippen molar-refractivity contribution >= 4 is 30.9 Å². The topological polar surface area (TPSA) is 37.3 Å². The summed E-state index contributed by atoms with van der Waals surface area (Å²) in [4.78, 5) is 11.2. The molecular weight excluding hydrogens is 420 g/mol. The van der Waals surface area contributed by atoms with Crippen LogP contribution >= 0.6 is 0 Å². The predicted molar refractivity (Wildman–Crippen MR) is 142 cm³/mol. The molecule has 0 unspecified atom stereocenters. The molecule has 0 fully saturated rings. The van der Waals surface area contributed by atoms with Crippen LogP contribution in [0, 0.1) is 0 Å². The second kappa shape index (κ2) is 8.64. The summed E-state index contributed by atoms with van der Waals surface area (Å²) in [6.45, 7) is 11.7. The Kier molecular flexibility index (Phi) is 6.02. The number of fused-ring (bicyclic) bond motifs is 1. The number of carboxylic acid groups (broad SMARTS) is 1. The van der Waals surface area contributed by atoms with Gasteiger partial charge in [0, 0.05) is 0 Å². The van der Waals surface area contributed by atoms with Crippen molar-refractivity contribution in [1.82, 2.24) is 0 Å². The average Bonchev–Trinajstić information content (AvgIpc) is 2.77. The van der Waals surface area contributed by atoms with Gasteiger partial charge in [0.05, 0.1) is 13.6 Å². The molecule has 0 radical (unpaired) electrons. The van der Waals surface area contributed by atoms with Crippen LogP contribution in [0.1, 0.15) is 58.4 Å². The van der Waals surface area contributed by atoms with Gasteiger partial charge in [-0.2, -0.15) is 0 Å². The van der Waals surface area contributed by atoms with Crippen molar-refractivity contribution in [2.45, 2.75) is 45.3 Å². The molecule has 1 N–H and O–H groups in total. The van der Waals surface area contributed by atoms with E-state index >= 15 is 0 Å². The molecule has 0 atom stereocenters. The van der Waals surface area contributed by atoms with Crippen LogP contribution in [0.25, 0.3) is 16.8 Å². The molecule has 0 aliphatic heterocycles. The molecule has 0 saturated carbocycles. The van der Waals surface area contributed by atoms with E-state index in [9.17, 15) is 9.90 Å². The van der Waals surface area contributed by atoms with Crippen molar-refractivity contribution in [1.29, 1.82) is 0 Å². The smallest absolute Gasteiger partial charge is 0.335 e. The number of hydrogen-bond donors (Lipinski definition) is 1. The molecule has 3 aromatic carbocycles. The molecule has 2 nitrogen and oxygen atoms in total. The van der Waals surface area contributed by atoms with Gasteiger partial charge in [0.2, 0.25) is 0 Å². The van der Waals surface area contributed by atoms with Gasteiger partial charge < -0.3 is 5.11 Å². The minimum atomic E-state index is -1.70. The van der Waals surface area contributed by atoms with Gasteiger partial charge in [-0.25, -0.2) is 4.79 Å². The highest BCUT2D eigenvalue weighted by Crippen LogP contribution is 2.43. The largest absolute Gasteiger partial charge is 0.478 e. The Bertz CT molecular complexity index is 1240. The molecule has 33 heavy (non-hydrogen) atoms. The zero-order valence-corrected chi connectivity index (χ0v) is 21.1. The van der Waals surface area contributed by atoms with Crippen LogP contribution < -0.4 is 0 Å². The second-order valence-electron chi connectivity index (χ2n) is 10.6. The van der Waals surface area contributed by atoms with Crippen molar-refractivity contribution in [3.05, 3.63) is 112 Å². The Balaban J connectivity index is 1.85. The third-order valence-corrected chi connectivity index (χ3v) is 8.58. The van der Waals surface area contributed by atoms with Crippen molar-refractivity contribution in [2.75, 3.05) is 0 Å². The standard InChI is InChI=1S/C30H32O2Si/c1-30(2)18-17-25(22-9-7-6-8-10-22)26-20-24(15-16-27(26)30)28(33(3,4)5)19-21-11-13-23(14-12-21)29(31)32/h6-17,19-20H,18H2,1-5H3,(H,31,32). The molecule has 1 aliphatic carbocycles. The maximum absolute atomic E-state index is 11.2. The fraction of sp³-hybridized carbons (Fsp3) is 0.233. The Morgan fingerprint density at radius 3 is 2.15 bits per heavy atom. The van der Waals surface area contributed by atoms with Gasteiger partial charge >= 0.3 is 5.97 Å². The van der Waals surface area contributed by atoms with E-state index in [0.717, 1.165) is 12.0 Å². The van der Waals surface area contributed by atoms with E-state index in [1.807, 2.05) is 12.1 Å². The molecule has 4 rings (SSSR count). The van der Waals surface area contributed by atoms with Crippen molar-refractivity contribution in [2.24, 2.45) is 0 Å². The molecule has 168 valence electrons. The molecule has 0 saturated heterocycles. The quantitative estimate of drug-likeness (QED) is 0.315. The molecule has 0 spiro atoms. The van der Waals surface area contributed by atoms with Crippen LogP contribution in [0.3, 0.4) is 0 Å². The summed E-state index contributed by atoms with van der Waals surface area (Å²) in [5.41, 5.74) is 8.00. The lowest BCUT2D eigenvalue weighted by Gasteiger charge is -2.33. The Morgan fingerprint density at radius 1 is 0.909 bits per heavy atom. The third-order valence-electron chi connectivity index (χ3n) is 6.53. The Labute approximate surface area is 198 Å². The van der Waals surface area contributed by atoms with E-state index in [-0.39, 0.29) is 5.41 Å². The maximum atomic E-state index is 11.2. The van der Waals surface area contributed by atoms with Crippen molar-refractivity contribution in [3.8, 4) is 0 Å². The number of aromatic carboxylic acids is 1. The fourth-order valence-electron chi connectivity index (χ4n) is 4.61. The molecular formula is C30H32O2Si. The number of carboxylic acids is 1. The summed E-state index contributed by atoms with van der Waals surface area (Å²) >= 11 is 0. The molecule has 3 heteroatoms. The van der Waals surface area contributed by atoms with Crippen LogP contribution in [0.15, 0.2) is 78.9 Å². The first kappa shape index (κ1) is 23.0. The number of allylic oxidation sites excluding steroid dienone is 1. The first-order valence-electron chi connectivity index (χ1n) is 11.5. The zero-order valence-electron chi connectivity index (χ0n) is 20.1. The number of benzene rings is 3. The predicted octanol–water partition coefficient (Wildman–Crippen LogP) is 7.92. The molecule has 0 aromatic heterocycles. The summed E-state index contributed by atoms with van der Waals surface area (Å²) in [6, 6.07) is 24.8. The van der Waals surface area contributed by atoms with Crippen molar-refractivity contribution in [3.63, 3.8) is 0 Å². The summed E-state index contributed by atoms with van der Waals surface area (Å²) < 4.78 is 0. The minimum absolute atomic E-state index is 0.0991. The summed E-state index contributed by atoms with van der Waals surface area (Å²) in [7, 11) is -1.70. The monoisotopic (exact) mass is 452 g/mol. The van der Waals surface area contributed by atoms with Gasteiger partial charge in [-0.1, -0.05) is 105 Å². The fourth-order valence-corrected chi connectivity index (χ4v) is 6.24. The third kappa shape index (κ3) is 4.79. The lowest BCUT2D eigenvalue weighted by atomic mass is 9.72. The Morgan fingerprint density at radius 2 is 1.55 bits per heavy atom. The van der Waals surface area contributed by atoms with E-state index in [1.54, 1.807) is 12.1 Å². The zero-order chi connectivity index (χ0) is 23.8. The highest BCUT2D eigenvalue weighted by Gasteiger charge is 2.30. The number of rotatable bonds is 5. The summed E-state index contributed by atoms with van der Waals surface area (Å²) in [6.07, 6.45) is 5.67. The lowest BCUT2D eigenvalue weighted by molar-refractivity contribution is 0.0697. The molecule has 0 amide bonds. The van der Waals surface area contributed by atoms with Gasteiger partial charge in [-0.15, -0.1) is 0 Å². The van der Waals surface area contributed by atoms with E-state index in [4.69, 9.17) is 0 Å². The van der Waals surface area contributed by atoms with Crippen LogP contribution in [0.4, 0.5) is 0 Å². The van der Waals surface area contributed by atoms with E-state index in [2.05, 4.69) is 94.2 Å². The maximum Gasteiger partial charge on any atom is 0.335 e. The van der Waals surface area contributed by atoms with Gasteiger partial charge in [0.1, 0.15) is 0 Å². The van der Waals surface area contributed by atoms with Gasteiger partial charge in [0.15, 0.2) is 0 Å². The molecule has 0 heterocycles. The summed E-state index contributed by atoms with van der Waals surface area (Å²) in [5.74, 6) is -0.895.